The van der Waals surface area contributed by atoms with Crippen molar-refractivity contribution in [1.29, 1.82) is 0 Å². The maximum Gasteiger partial charge on any atom is 0.421 e. The average molecular weight is 447 g/mol. The molecule has 1 amide bonds. The number of likely N-dealkylation sites (tertiary alicyclic amines) is 1. The average Bonchev–Trinajstić information content (AvgIpc) is 3.09. The van der Waals surface area contributed by atoms with Crippen LogP contribution >= 0.6 is 0 Å². The Bertz CT molecular complexity index is 931. The molecule has 1 aliphatic rings. The number of para-hydroxylation sites is 1. The van der Waals surface area contributed by atoms with Gasteiger partial charge in [-0.25, -0.2) is 4.98 Å². The molecule has 0 radical (unpaired) electrons. The second-order valence-corrected chi connectivity index (χ2v) is 6.89. The van der Waals surface area contributed by atoms with Crippen LogP contribution < -0.4 is 10.6 Å². The van der Waals surface area contributed by atoms with E-state index in [1.165, 1.54) is 12.1 Å². The Balaban J connectivity index is 1.75. The SMILES string of the molecule is O=C1CCCN1CCCNc1nc(Nc2ccccc2C(F)(F)F)ncc1C(F)(F)F. The van der Waals surface area contributed by atoms with E-state index in [1.807, 2.05) is 0 Å². The maximum absolute atomic E-state index is 13.3. The molecule has 0 bridgehead atoms. The standard InChI is InChI=1S/C19H19F6N5O/c20-18(21,22)12-5-1-2-6-14(12)28-17-27-11-13(19(23,24)25)16(29-17)26-8-4-10-30-9-3-7-15(30)31/h1-2,5-6,11H,3-4,7-10H2,(H2,26,27,28,29). The van der Waals surface area contributed by atoms with Crippen LogP contribution in [-0.4, -0.2) is 40.4 Å². The van der Waals surface area contributed by atoms with Crippen LogP contribution in [0.1, 0.15) is 30.4 Å². The molecular formula is C19H19F6N5O. The number of rotatable bonds is 7. The highest BCUT2D eigenvalue weighted by molar-refractivity contribution is 5.78. The molecule has 0 aliphatic carbocycles. The Morgan fingerprint density at radius 3 is 2.39 bits per heavy atom. The summed E-state index contributed by atoms with van der Waals surface area (Å²) in [6.45, 7) is 1.09. The number of benzene rings is 1. The molecule has 168 valence electrons. The zero-order chi connectivity index (χ0) is 22.6. The number of carbonyl (C=O) groups excluding carboxylic acids is 1. The van der Waals surface area contributed by atoms with E-state index in [1.54, 1.807) is 4.90 Å². The quantitative estimate of drug-likeness (QED) is 0.477. The van der Waals surface area contributed by atoms with Gasteiger partial charge in [0.15, 0.2) is 0 Å². The number of hydrogen-bond donors (Lipinski definition) is 2. The Kier molecular flexibility index (Phi) is 6.56. The third kappa shape index (κ3) is 5.76. The van der Waals surface area contributed by atoms with E-state index in [2.05, 4.69) is 20.6 Å². The van der Waals surface area contributed by atoms with Crippen molar-refractivity contribution in [1.82, 2.24) is 14.9 Å². The van der Waals surface area contributed by atoms with Gasteiger partial charge in [0.05, 0.1) is 11.3 Å². The second kappa shape index (κ2) is 8.98. The summed E-state index contributed by atoms with van der Waals surface area (Å²) < 4.78 is 79.3. The number of nitrogens with zero attached hydrogens (tertiary/aromatic N) is 3. The Hall–Kier alpha value is -3.05. The van der Waals surface area contributed by atoms with Gasteiger partial charge in [-0.05, 0) is 25.0 Å². The number of nitrogens with one attached hydrogen (secondary N) is 2. The zero-order valence-corrected chi connectivity index (χ0v) is 16.1. The molecule has 2 heterocycles. The molecule has 3 rings (SSSR count). The molecule has 1 aromatic carbocycles. The van der Waals surface area contributed by atoms with Crippen LogP contribution in [0.2, 0.25) is 0 Å². The van der Waals surface area contributed by atoms with Gasteiger partial charge in [0.25, 0.3) is 0 Å². The molecule has 0 saturated carbocycles. The van der Waals surface area contributed by atoms with Gasteiger partial charge < -0.3 is 15.5 Å². The van der Waals surface area contributed by atoms with Gasteiger partial charge >= 0.3 is 12.4 Å². The highest BCUT2D eigenvalue weighted by atomic mass is 19.4. The van der Waals surface area contributed by atoms with Crippen LogP contribution in [0.3, 0.4) is 0 Å². The first-order valence-corrected chi connectivity index (χ1v) is 9.45. The summed E-state index contributed by atoms with van der Waals surface area (Å²) >= 11 is 0. The fraction of sp³-hybridized carbons (Fsp3) is 0.421. The largest absolute Gasteiger partial charge is 0.421 e. The van der Waals surface area contributed by atoms with Gasteiger partial charge in [0.2, 0.25) is 11.9 Å². The summed E-state index contributed by atoms with van der Waals surface area (Å²) in [5, 5.41) is 4.89. The third-order valence-corrected chi connectivity index (χ3v) is 4.64. The van der Waals surface area contributed by atoms with Crippen LogP contribution in [0.15, 0.2) is 30.5 Å². The van der Waals surface area contributed by atoms with Crippen LogP contribution in [0, 0.1) is 0 Å². The number of aromatic nitrogens is 2. The number of hydrogen-bond acceptors (Lipinski definition) is 5. The summed E-state index contributed by atoms with van der Waals surface area (Å²) in [6, 6.07) is 4.51. The summed E-state index contributed by atoms with van der Waals surface area (Å²) in [5.41, 5.74) is -2.52. The van der Waals surface area contributed by atoms with Crippen molar-refractivity contribution < 1.29 is 31.1 Å². The minimum atomic E-state index is -4.75. The summed E-state index contributed by atoms with van der Waals surface area (Å²) in [6.07, 6.45) is -7.30. The molecule has 0 unspecified atom stereocenters. The van der Waals surface area contributed by atoms with Crippen molar-refractivity contribution >= 4 is 23.4 Å². The van der Waals surface area contributed by atoms with Gasteiger partial charge in [-0.2, -0.15) is 31.3 Å². The molecule has 1 aromatic heterocycles. The number of amides is 1. The molecule has 1 fully saturated rings. The van der Waals surface area contributed by atoms with Gasteiger partial charge in [0, 0.05) is 32.3 Å². The second-order valence-electron chi connectivity index (χ2n) is 6.89. The van der Waals surface area contributed by atoms with Crippen molar-refractivity contribution in [3.8, 4) is 0 Å². The molecule has 0 atom stereocenters. The van der Waals surface area contributed by atoms with Gasteiger partial charge in [-0.1, -0.05) is 12.1 Å². The highest BCUT2D eigenvalue weighted by Crippen LogP contribution is 2.37. The number of alkyl halides is 6. The minimum absolute atomic E-state index is 0.00725. The molecule has 1 saturated heterocycles. The van der Waals surface area contributed by atoms with Gasteiger partial charge in [-0.15, -0.1) is 0 Å². The third-order valence-electron chi connectivity index (χ3n) is 4.64. The van der Waals surface area contributed by atoms with Crippen LogP contribution in [0.5, 0.6) is 0 Å². The Labute approximate surface area is 173 Å². The highest BCUT2D eigenvalue weighted by Gasteiger charge is 2.36. The van der Waals surface area contributed by atoms with Crippen molar-refractivity contribution in [3.63, 3.8) is 0 Å². The monoisotopic (exact) mass is 447 g/mol. The molecular weight excluding hydrogens is 428 g/mol. The predicted molar refractivity (Wildman–Crippen MR) is 101 cm³/mol. The lowest BCUT2D eigenvalue weighted by Gasteiger charge is -2.18. The van der Waals surface area contributed by atoms with Gasteiger partial charge in [0.1, 0.15) is 11.4 Å². The molecule has 12 heteroatoms. The lowest BCUT2D eigenvalue weighted by atomic mass is 10.1. The smallest absolute Gasteiger partial charge is 0.369 e. The van der Waals surface area contributed by atoms with Crippen molar-refractivity contribution in [2.24, 2.45) is 0 Å². The van der Waals surface area contributed by atoms with Crippen molar-refractivity contribution in [2.45, 2.75) is 31.6 Å². The van der Waals surface area contributed by atoms with E-state index in [0.29, 0.717) is 32.1 Å². The first-order chi connectivity index (χ1) is 14.6. The minimum Gasteiger partial charge on any atom is -0.369 e. The van der Waals surface area contributed by atoms with Gasteiger partial charge in [-0.3, -0.25) is 4.79 Å². The van der Waals surface area contributed by atoms with Crippen molar-refractivity contribution in [2.75, 3.05) is 30.3 Å². The maximum atomic E-state index is 13.3. The van der Waals surface area contributed by atoms with Crippen molar-refractivity contribution in [3.05, 3.63) is 41.6 Å². The number of carbonyl (C=O) groups is 1. The van der Waals surface area contributed by atoms with E-state index in [0.717, 1.165) is 18.6 Å². The Morgan fingerprint density at radius 1 is 1.03 bits per heavy atom. The molecule has 1 aliphatic heterocycles. The van der Waals surface area contributed by atoms with E-state index in [-0.39, 0.29) is 18.1 Å². The summed E-state index contributed by atoms with van der Waals surface area (Å²) in [7, 11) is 0. The lowest BCUT2D eigenvalue weighted by Crippen LogP contribution is -2.27. The summed E-state index contributed by atoms with van der Waals surface area (Å²) in [5.74, 6) is -0.961. The van der Waals surface area contributed by atoms with Crippen LogP contribution in [0.4, 0.5) is 43.8 Å². The van der Waals surface area contributed by atoms with E-state index in [9.17, 15) is 31.1 Å². The molecule has 6 nitrogen and oxygen atoms in total. The first-order valence-electron chi connectivity index (χ1n) is 9.45. The van der Waals surface area contributed by atoms with Crippen LogP contribution in [-0.2, 0) is 17.1 Å². The topological polar surface area (TPSA) is 70.2 Å². The van der Waals surface area contributed by atoms with Crippen LogP contribution in [0.25, 0.3) is 0 Å². The predicted octanol–water partition coefficient (Wildman–Crippen LogP) is 4.68. The zero-order valence-electron chi connectivity index (χ0n) is 16.1. The first kappa shape index (κ1) is 22.6. The van der Waals surface area contributed by atoms with E-state index in [4.69, 9.17) is 0 Å². The number of anilines is 3. The fourth-order valence-electron chi connectivity index (χ4n) is 3.16. The Morgan fingerprint density at radius 2 is 1.74 bits per heavy atom. The summed E-state index contributed by atoms with van der Waals surface area (Å²) in [4.78, 5) is 20.5. The van der Waals surface area contributed by atoms with E-state index < -0.39 is 35.2 Å². The molecule has 2 aromatic rings. The normalized spacial score (nSPS) is 14.8. The molecule has 31 heavy (non-hydrogen) atoms. The van der Waals surface area contributed by atoms with E-state index >= 15 is 0 Å². The molecule has 0 spiro atoms. The molecule has 2 N–H and O–H groups in total. The lowest BCUT2D eigenvalue weighted by molar-refractivity contribution is -0.137. The number of halogens is 6. The fourth-order valence-corrected chi connectivity index (χ4v) is 3.16.